The monoisotopic (exact) mass is 452 g/mol. The first-order chi connectivity index (χ1) is 16.6. The van der Waals surface area contributed by atoms with Crippen molar-refractivity contribution in [3.63, 3.8) is 0 Å². The molecule has 1 aliphatic heterocycles. The van der Waals surface area contributed by atoms with Gasteiger partial charge in [0.05, 0.1) is 5.52 Å². The Morgan fingerprint density at radius 2 is 1.76 bits per heavy atom. The number of hydrogen-bond donors (Lipinski definition) is 1. The van der Waals surface area contributed by atoms with Crippen molar-refractivity contribution < 1.29 is 9.59 Å². The van der Waals surface area contributed by atoms with Crippen LogP contribution in [0.1, 0.15) is 56.6 Å². The van der Waals surface area contributed by atoms with E-state index in [1.165, 1.54) is 5.56 Å². The van der Waals surface area contributed by atoms with Crippen molar-refractivity contribution in [2.45, 2.75) is 32.2 Å². The topological polar surface area (TPSA) is 66.7 Å². The van der Waals surface area contributed by atoms with Gasteiger partial charge in [-0.2, -0.15) is 0 Å². The molecule has 3 heterocycles. The second-order valence-corrected chi connectivity index (χ2v) is 8.90. The van der Waals surface area contributed by atoms with Gasteiger partial charge in [0.2, 0.25) is 0 Å². The number of aromatic nitrogens is 2. The minimum atomic E-state index is -0.191. The van der Waals surface area contributed by atoms with Crippen molar-refractivity contribution >= 4 is 17.3 Å². The highest BCUT2D eigenvalue weighted by molar-refractivity contribution is 5.99. The maximum atomic E-state index is 13.1. The Balaban J connectivity index is 1.38. The number of carbonyl (C=O) groups excluding carboxylic acids is 2. The molecular weight excluding hydrogens is 424 g/mol. The van der Waals surface area contributed by atoms with Crippen LogP contribution >= 0.6 is 0 Å². The number of aryl methyl sites for hydroxylation is 1. The molecule has 172 valence electrons. The van der Waals surface area contributed by atoms with Crippen LogP contribution in [0.15, 0.2) is 79.0 Å². The van der Waals surface area contributed by atoms with Gasteiger partial charge in [0.15, 0.2) is 5.69 Å². The molecule has 6 heteroatoms. The van der Waals surface area contributed by atoms with E-state index < -0.39 is 0 Å². The van der Waals surface area contributed by atoms with Crippen LogP contribution in [0.25, 0.3) is 5.52 Å². The number of rotatable bonds is 5. The van der Waals surface area contributed by atoms with Crippen LogP contribution in [0.5, 0.6) is 0 Å². The van der Waals surface area contributed by atoms with Crippen LogP contribution in [0, 0.1) is 6.92 Å². The van der Waals surface area contributed by atoms with E-state index in [9.17, 15) is 9.59 Å². The number of amides is 2. The zero-order chi connectivity index (χ0) is 23.5. The van der Waals surface area contributed by atoms with Crippen molar-refractivity contribution in [1.82, 2.24) is 19.6 Å². The molecule has 1 aliphatic rings. The summed E-state index contributed by atoms with van der Waals surface area (Å²) in [5, 5.41) is 3.01. The maximum Gasteiger partial charge on any atom is 0.272 e. The zero-order valence-electron chi connectivity index (χ0n) is 19.3. The molecular formula is C28H28N4O2. The first-order valence-corrected chi connectivity index (χ1v) is 11.7. The van der Waals surface area contributed by atoms with Crippen LogP contribution in [0.2, 0.25) is 0 Å². The molecule has 2 aromatic heterocycles. The number of carbonyl (C=O) groups is 2. The third-order valence-corrected chi connectivity index (χ3v) is 6.46. The smallest absolute Gasteiger partial charge is 0.272 e. The van der Waals surface area contributed by atoms with Crippen LogP contribution in [0.4, 0.5) is 0 Å². The Bertz CT molecular complexity index is 1310. The fourth-order valence-electron chi connectivity index (χ4n) is 4.62. The fraction of sp³-hybridized carbons (Fsp3) is 0.250. The quantitative estimate of drug-likeness (QED) is 0.482. The fourth-order valence-corrected chi connectivity index (χ4v) is 4.62. The van der Waals surface area contributed by atoms with Gasteiger partial charge < -0.3 is 14.6 Å². The summed E-state index contributed by atoms with van der Waals surface area (Å²) in [6.07, 6.45) is 3.78. The number of hydrogen-bond acceptors (Lipinski definition) is 3. The maximum absolute atomic E-state index is 13.1. The van der Waals surface area contributed by atoms with Gasteiger partial charge in [-0.25, -0.2) is 4.98 Å². The molecule has 1 saturated heterocycles. The lowest BCUT2D eigenvalue weighted by Crippen LogP contribution is -2.39. The Hall–Kier alpha value is -3.93. The molecule has 6 nitrogen and oxygen atoms in total. The molecule has 0 spiro atoms. The first-order valence-electron chi connectivity index (χ1n) is 11.7. The third-order valence-electron chi connectivity index (χ3n) is 6.46. The summed E-state index contributed by atoms with van der Waals surface area (Å²) in [6.45, 7) is 3.81. The lowest BCUT2D eigenvalue weighted by molar-refractivity contribution is 0.0703. The highest BCUT2D eigenvalue weighted by Crippen LogP contribution is 2.29. The molecule has 0 bridgehead atoms. The third kappa shape index (κ3) is 4.44. The van der Waals surface area contributed by atoms with E-state index in [-0.39, 0.29) is 17.7 Å². The Labute approximate surface area is 199 Å². The molecule has 1 atom stereocenters. The highest BCUT2D eigenvalue weighted by atomic mass is 16.2. The van der Waals surface area contributed by atoms with Gasteiger partial charge in [-0.1, -0.05) is 54.1 Å². The summed E-state index contributed by atoms with van der Waals surface area (Å²) in [5.74, 6) is 0.752. The van der Waals surface area contributed by atoms with E-state index in [0.717, 1.165) is 36.3 Å². The van der Waals surface area contributed by atoms with Gasteiger partial charge >= 0.3 is 0 Å². The molecule has 2 amide bonds. The number of piperidine rings is 1. The van der Waals surface area contributed by atoms with Crippen LogP contribution in [-0.4, -0.2) is 39.2 Å². The summed E-state index contributed by atoms with van der Waals surface area (Å²) in [7, 11) is 0. The summed E-state index contributed by atoms with van der Waals surface area (Å²) in [4.78, 5) is 32.9. The van der Waals surface area contributed by atoms with Gasteiger partial charge in [0.1, 0.15) is 5.82 Å². The Morgan fingerprint density at radius 1 is 1.00 bits per heavy atom. The predicted molar refractivity (Wildman–Crippen MR) is 132 cm³/mol. The Kier molecular flexibility index (Phi) is 6.12. The first kappa shape index (κ1) is 21.9. The molecule has 5 rings (SSSR count). The van der Waals surface area contributed by atoms with Crippen LogP contribution in [0.3, 0.4) is 0 Å². The molecule has 0 saturated carbocycles. The number of pyridine rings is 1. The van der Waals surface area contributed by atoms with Crippen molar-refractivity contribution in [1.29, 1.82) is 0 Å². The van der Waals surface area contributed by atoms with Gasteiger partial charge in [0, 0.05) is 37.3 Å². The van der Waals surface area contributed by atoms with E-state index in [0.29, 0.717) is 24.3 Å². The summed E-state index contributed by atoms with van der Waals surface area (Å²) >= 11 is 0. The average molecular weight is 453 g/mol. The number of benzene rings is 2. The lowest BCUT2D eigenvalue weighted by atomic mass is 9.96. The predicted octanol–water partition coefficient (Wildman–Crippen LogP) is 4.59. The van der Waals surface area contributed by atoms with E-state index >= 15 is 0 Å². The van der Waals surface area contributed by atoms with Gasteiger partial charge in [-0.3, -0.25) is 9.59 Å². The zero-order valence-corrected chi connectivity index (χ0v) is 19.3. The number of likely N-dealkylation sites (tertiary alicyclic amines) is 1. The SMILES string of the molecule is Cc1ccc(CNC(=O)c2nc([C@H]3CCCN(C(=O)c4ccccc4)C3)n3ccccc23)cc1. The molecule has 1 fully saturated rings. The number of nitrogens with one attached hydrogen (secondary N) is 1. The summed E-state index contributed by atoms with van der Waals surface area (Å²) in [6, 6.07) is 23.3. The largest absolute Gasteiger partial charge is 0.347 e. The number of nitrogens with zero attached hydrogens (tertiary/aromatic N) is 3. The lowest BCUT2D eigenvalue weighted by Gasteiger charge is -2.32. The van der Waals surface area contributed by atoms with E-state index in [1.807, 2.05) is 95.2 Å². The van der Waals surface area contributed by atoms with Gasteiger partial charge in [-0.05, 0) is 49.6 Å². The number of fused-ring (bicyclic) bond motifs is 1. The van der Waals surface area contributed by atoms with Crippen LogP contribution < -0.4 is 5.32 Å². The second kappa shape index (κ2) is 9.51. The second-order valence-electron chi connectivity index (χ2n) is 8.90. The highest BCUT2D eigenvalue weighted by Gasteiger charge is 2.29. The molecule has 1 N–H and O–H groups in total. The van der Waals surface area contributed by atoms with Crippen molar-refractivity contribution in [3.8, 4) is 0 Å². The molecule has 0 aliphatic carbocycles. The van der Waals surface area contributed by atoms with Gasteiger partial charge in [-0.15, -0.1) is 0 Å². The van der Waals surface area contributed by atoms with E-state index in [1.54, 1.807) is 0 Å². The van der Waals surface area contributed by atoms with E-state index in [2.05, 4.69) is 5.32 Å². The van der Waals surface area contributed by atoms with E-state index in [4.69, 9.17) is 4.98 Å². The molecule has 4 aromatic rings. The summed E-state index contributed by atoms with van der Waals surface area (Å²) in [5.41, 5.74) is 4.14. The Morgan fingerprint density at radius 3 is 2.56 bits per heavy atom. The van der Waals surface area contributed by atoms with Crippen molar-refractivity contribution in [2.75, 3.05) is 13.1 Å². The molecule has 0 unspecified atom stereocenters. The molecule has 2 aromatic carbocycles. The van der Waals surface area contributed by atoms with Crippen molar-refractivity contribution in [2.24, 2.45) is 0 Å². The molecule has 0 radical (unpaired) electrons. The minimum absolute atomic E-state index is 0.0437. The minimum Gasteiger partial charge on any atom is -0.347 e. The average Bonchev–Trinajstić information content (AvgIpc) is 3.28. The normalized spacial score (nSPS) is 15.9. The van der Waals surface area contributed by atoms with Crippen LogP contribution in [-0.2, 0) is 6.54 Å². The summed E-state index contributed by atoms with van der Waals surface area (Å²) < 4.78 is 2.00. The van der Waals surface area contributed by atoms with Gasteiger partial charge in [0.25, 0.3) is 11.8 Å². The van der Waals surface area contributed by atoms with Crippen molar-refractivity contribution in [3.05, 3.63) is 107 Å². The number of imidazole rings is 1. The standard InChI is InChI=1S/C28H28N4O2/c1-20-12-14-21(15-13-20)18-29-27(33)25-24-11-5-6-17-32(24)26(30-25)23-10-7-16-31(19-23)28(34)22-8-3-2-4-9-22/h2-6,8-9,11-15,17,23H,7,10,16,18-19H2,1H3,(H,29,33)/t23-/m0/s1. The molecule has 34 heavy (non-hydrogen) atoms.